The summed E-state index contributed by atoms with van der Waals surface area (Å²) in [6.45, 7) is 2.26. The summed E-state index contributed by atoms with van der Waals surface area (Å²) in [6.07, 6.45) is 0. The second kappa shape index (κ2) is 10.5. The molecule has 1 amide bonds. The summed E-state index contributed by atoms with van der Waals surface area (Å²) >= 11 is 0. The molecule has 0 aliphatic carbocycles. The van der Waals surface area contributed by atoms with Gasteiger partial charge in [0.2, 0.25) is 0 Å². The standard InChI is InChI=1S/C25H28N2O3/c1-18(22-16-21(29-2)14-15-23(22)30-3)27-24(28)17-26-25(19-10-6-4-7-11-19)20-12-8-5-9-13-20/h4-16,18,25-26H,17H2,1-3H3,(H,27,28)/p+1/t18-/m1/s1. The lowest BCUT2D eigenvalue weighted by atomic mass is 9.99. The second-order valence-electron chi connectivity index (χ2n) is 7.14. The number of nitrogens with two attached hydrogens (primary N) is 1. The highest BCUT2D eigenvalue weighted by Gasteiger charge is 2.20. The van der Waals surface area contributed by atoms with E-state index in [0.717, 1.165) is 17.1 Å². The van der Waals surface area contributed by atoms with E-state index in [0.29, 0.717) is 6.54 Å². The van der Waals surface area contributed by atoms with Gasteiger partial charge >= 0.3 is 0 Å². The maximum atomic E-state index is 12.7. The number of ether oxygens (including phenoxy) is 2. The number of amides is 1. The van der Waals surface area contributed by atoms with Crippen molar-refractivity contribution in [2.24, 2.45) is 0 Å². The number of quaternary nitrogens is 1. The minimum absolute atomic E-state index is 0.0377. The Kier molecular flexibility index (Phi) is 7.46. The van der Waals surface area contributed by atoms with Crippen LogP contribution in [0.4, 0.5) is 0 Å². The molecule has 3 aromatic rings. The Morgan fingerprint density at radius 1 is 0.900 bits per heavy atom. The third-order valence-corrected chi connectivity index (χ3v) is 5.14. The average Bonchev–Trinajstić information content (AvgIpc) is 2.80. The highest BCUT2D eigenvalue weighted by molar-refractivity contribution is 5.77. The Hall–Kier alpha value is -3.31. The molecule has 0 bridgehead atoms. The summed E-state index contributed by atoms with van der Waals surface area (Å²) in [5.41, 5.74) is 3.21. The molecule has 5 nitrogen and oxygen atoms in total. The van der Waals surface area contributed by atoms with Crippen LogP contribution in [0.2, 0.25) is 0 Å². The Labute approximate surface area is 178 Å². The van der Waals surface area contributed by atoms with Crippen molar-refractivity contribution >= 4 is 5.91 Å². The minimum atomic E-state index is -0.206. The number of benzene rings is 3. The van der Waals surface area contributed by atoms with E-state index in [1.54, 1.807) is 14.2 Å². The van der Waals surface area contributed by atoms with Gasteiger partial charge in [-0.25, -0.2) is 0 Å². The average molecular weight is 406 g/mol. The fourth-order valence-electron chi connectivity index (χ4n) is 3.57. The summed E-state index contributed by atoms with van der Waals surface area (Å²) in [5, 5.41) is 5.14. The molecule has 0 saturated heterocycles. The summed E-state index contributed by atoms with van der Waals surface area (Å²) in [4.78, 5) is 12.7. The molecular weight excluding hydrogens is 376 g/mol. The third-order valence-electron chi connectivity index (χ3n) is 5.14. The van der Waals surface area contributed by atoms with Crippen LogP contribution in [0.25, 0.3) is 0 Å². The van der Waals surface area contributed by atoms with Crippen molar-refractivity contribution in [2.75, 3.05) is 20.8 Å². The van der Waals surface area contributed by atoms with E-state index in [9.17, 15) is 4.79 Å². The molecule has 0 spiro atoms. The van der Waals surface area contributed by atoms with E-state index in [-0.39, 0.29) is 18.0 Å². The van der Waals surface area contributed by atoms with Crippen LogP contribution in [0, 0.1) is 0 Å². The van der Waals surface area contributed by atoms with Gasteiger partial charge in [-0.3, -0.25) is 4.79 Å². The maximum Gasteiger partial charge on any atom is 0.275 e. The van der Waals surface area contributed by atoms with Gasteiger partial charge in [0.1, 0.15) is 17.5 Å². The van der Waals surface area contributed by atoms with Crippen molar-refractivity contribution in [3.8, 4) is 11.5 Å². The van der Waals surface area contributed by atoms with Gasteiger partial charge in [-0.2, -0.15) is 0 Å². The first-order chi connectivity index (χ1) is 14.6. The highest BCUT2D eigenvalue weighted by atomic mass is 16.5. The number of methoxy groups -OCH3 is 2. The van der Waals surface area contributed by atoms with Crippen LogP contribution in [0.3, 0.4) is 0 Å². The first-order valence-corrected chi connectivity index (χ1v) is 10.1. The van der Waals surface area contributed by atoms with Crippen molar-refractivity contribution in [3.63, 3.8) is 0 Å². The quantitative estimate of drug-likeness (QED) is 0.575. The van der Waals surface area contributed by atoms with Crippen molar-refractivity contribution in [2.45, 2.75) is 19.0 Å². The maximum absolute atomic E-state index is 12.7. The summed E-state index contributed by atoms with van der Waals surface area (Å²) in [7, 11) is 3.25. The molecule has 0 fully saturated rings. The molecule has 0 aliphatic heterocycles. The van der Waals surface area contributed by atoms with E-state index in [4.69, 9.17) is 9.47 Å². The first kappa shape index (κ1) is 21.4. The van der Waals surface area contributed by atoms with Gasteiger partial charge in [0, 0.05) is 16.7 Å². The van der Waals surface area contributed by atoms with Crippen LogP contribution >= 0.6 is 0 Å². The number of carbonyl (C=O) groups excluding carboxylic acids is 1. The van der Waals surface area contributed by atoms with Crippen LogP contribution in [0.1, 0.15) is 35.7 Å². The topological polar surface area (TPSA) is 64.2 Å². The molecule has 0 aromatic heterocycles. The number of rotatable bonds is 9. The van der Waals surface area contributed by atoms with E-state index in [1.807, 2.05) is 61.5 Å². The molecule has 1 atom stereocenters. The Balaban J connectivity index is 1.69. The summed E-state index contributed by atoms with van der Waals surface area (Å²) < 4.78 is 10.8. The van der Waals surface area contributed by atoms with Gasteiger partial charge in [-0.05, 0) is 25.1 Å². The molecule has 0 aliphatic rings. The molecular formula is C25H29N2O3+. The second-order valence-corrected chi connectivity index (χ2v) is 7.14. The largest absolute Gasteiger partial charge is 0.497 e. The predicted molar refractivity (Wildman–Crippen MR) is 118 cm³/mol. The lowest BCUT2D eigenvalue weighted by Crippen LogP contribution is -2.87. The number of hydrogen-bond donors (Lipinski definition) is 2. The first-order valence-electron chi connectivity index (χ1n) is 10.1. The van der Waals surface area contributed by atoms with E-state index >= 15 is 0 Å². The molecule has 0 heterocycles. The fraction of sp³-hybridized carbons (Fsp3) is 0.240. The Morgan fingerprint density at radius 3 is 2.03 bits per heavy atom. The van der Waals surface area contributed by atoms with Crippen LogP contribution in [-0.2, 0) is 4.79 Å². The third kappa shape index (κ3) is 5.39. The molecule has 3 rings (SSSR count). The molecule has 5 heteroatoms. The van der Waals surface area contributed by atoms with Crippen molar-refractivity contribution < 1.29 is 19.6 Å². The SMILES string of the molecule is COc1ccc(OC)c([C@@H](C)NC(=O)C[NH2+]C(c2ccccc2)c2ccccc2)c1. The van der Waals surface area contributed by atoms with Gasteiger partial charge in [0.05, 0.1) is 20.3 Å². The fourth-order valence-corrected chi connectivity index (χ4v) is 3.57. The number of carbonyl (C=O) groups is 1. The van der Waals surface area contributed by atoms with Gasteiger partial charge in [0.15, 0.2) is 6.54 Å². The number of hydrogen-bond acceptors (Lipinski definition) is 3. The van der Waals surface area contributed by atoms with Crippen LogP contribution in [0.15, 0.2) is 78.9 Å². The molecule has 0 radical (unpaired) electrons. The molecule has 0 saturated carbocycles. The van der Waals surface area contributed by atoms with Crippen molar-refractivity contribution in [1.82, 2.24) is 5.32 Å². The molecule has 3 N–H and O–H groups in total. The summed E-state index contributed by atoms with van der Waals surface area (Å²) in [6, 6.07) is 25.9. The zero-order chi connectivity index (χ0) is 21.3. The van der Waals surface area contributed by atoms with E-state index < -0.39 is 0 Å². The van der Waals surface area contributed by atoms with Crippen LogP contribution in [-0.4, -0.2) is 26.7 Å². The van der Waals surface area contributed by atoms with Crippen LogP contribution in [0.5, 0.6) is 11.5 Å². The zero-order valence-corrected chi connectivity index (χ0v) is 17.7. The van der Waals surface area contributed by atoms with Gasteiger partial charge in [-0.1, -0.05) is 60.7 Å². The molecule has 30 heavy (non-hydrogen) atoms. The predicted octanol–water partition coefficient (Wildman–Crippen LogP) is 3.23. The highest BCUT2D eigenvalue weighted by Crippen LogP contribution is 2.29. The van der Waals surface area contributed by atoms with E-state index in [1.165, 1.54) is 11.1 Å². The minimum Gasteiger partial charge on any atom is -0.497 e. The lowest BCUT2D eigenvalue weighted by molar-refractivity contribution is -0.676. The Morgan fingerprint density at radius 2 is 1.50 bits per heavy atom. The normalized spacial score (nSPS) is 11.7. The lowest BCUT2D eigenvalue weighted by Gasteiger charge is -2.20. The zero-order valence-electron chi connectivity index (χ0n) is 17.7. The summed E-state index contributed by atoms with van der Waals surface area (Å²) in [5.74, 6) is 1.41. The van der Waals surface area contributed by atoms with Crippen molar-refractivity contribution in [3.05, 3.63) is 95.6 Å². The van der Waals surface area contributed by atoms with Crippen LogP contribution < -0.4 is 20.1 Å². The van der Waals surface area contributed by atoms with Gasteiger partial charge in [-0.15, -0.1) is 0 Å². The Bertz CT molecular complexity index is 906. The van der Waals surface area contributed by atoms with Gasteiger partial charge in [0.25, 0.3) is 5.91 Å². The molecule has 3 aromatic carbocycles. The van der Waals surface area contributed by atoms with Gasteiger partial charge < -0.3 is 20.1 Å². The van der Waals surface area contributed by atoms with Crippen molar-refractivity contribution in [1.29, 1.82) is 0 Å². The molecule has 156 valence electrons. The molecule has 0 unspecified atom stereocenters. The smallest absolute Gasteiger partial charge is 0.275 e. The van der Waals surface area contributed by atoms with E-state index in [2.05, 4.69) is 34.9 Å². The number of nitrogens with one attached hydrogen (secondary N) is 1. The monoisotopic (exact) mass is 405 g/mol.